The molecule has 0 aromatic heterocycles. The summed E-state index contributed by atoms with van der Waals surface area (Å²) in [5.41, 5.74) is 0.0517. The maximum atomic E-state index is 13.4. The fraction of sp³-hybridized carbons (Fsp3) is 0.529. The number of methoxy groups -OCH3 is 1. The van der Waals surface area contributed by atoms with Crippen LogP contribution in [0.1, 0.15) is 23.7 Å². The Labute approximate surface area is 141 Å². The Bertz CT molecular complexity index is 579. The Morgan fingerprint density at radius 1 is 1.17 bits per heavy atom. The van der Waals surface area contributed by atoms with Crippen molar-refractivity contribution in [1.82, 2.24) is 9.80 Å². The summed E-state index contributed by atoms with van der Waals surface area (Å²) >= 11 is 0. The summed E-state index contributed by atoms with van der Waals surface area (Å²) in [6, 6.07) is 3.03. The zero-order valence-electron chi connectivity index (χ0n) is 14.5. The minimum Gasteiger partial charge on any atom is -0.469 e. The smallest absolute Gasteiger partial charge is 0.310 e. The van der Waals surface area contributed by atoms with Crippen molar-refractivity contribution in [3.8, 4) is 0 Å². The minimum absolute atomic E-state index is 0.0517. The van der Waals surface area contributed by atoms with Crippen LogP contribution < -0.4 is 0 Å². The van der Waals surface area contributed by atoms with Gasteiger partial charge in [0.05, 0.1) is 13.0 Å². The Balaban J connectivity index is 2.90. The van der Waals surface area contributed by atoms with Gasteiger partial charge in [-0.1, -0.05) is 6.92 Å². The monoisotopic (exact) mass is 342 g/mol. The van der Waals surface area contributed by atoms with Crippen molar-refractivity contribution in [2.75, 3.05) is 40.8 Å². The molecule has 0 spiro atoms. The van der Waals surface area contributed by atoms with Crippen molar-refractivity contribution in [2.45, 2.75) is 13.3 Å². The molecule has 1 atom stereocenters. The summed E-state index contributed by atoms with van der Waals surface area (Å²) in [4.78, 5) is 27.7. The highest BCUT2D eigenvalue weighted by molar-refractivity contribution is 5.94. The number of rotatable bonds is 8. The van der Waals surface area contributed by atoms with Crippen LogP contribution in [-0.4, -0.2) is 62.5 Å². The first-order valence-electron chi connectivity index (χ1n) is 7.73. The first-order valence-corrected chi connectivity index (χ1v) is 7.73. The van der Waals surface area contributed by atoms with E-state index in [0.717, 1.165) is 18.7 Å². The van der Waals surface area contributed by atoms with Crippen molar-refractivity contribution < 1.29 is 23.1 Å². The molecule has 1 aromatic rings. The van der Waals surface area contributed by atoms with Crippen LogP contribution in [0, 0.1) is 17.6 Å². The zero-order chi connectivity index (χ0) is 18.3. The topological polar surface area (TPSA) is 49.9 Å². The lowest BCUT2D eigenvalue weighted by atomic mass is 10.1. The molecule has 24 heavy (non-hydrogen) atoms. The van der Waals surface area contributed by atoms with Gasteiger partial charge in [0, 0.05) is 18.7 Å². The molecular formula is C17H24F2N2O3. The largest absolute Gasteiger partial charge is 0.469 e. The van der Waals surface area contributed by atoms with Gasteiger partial charge < -0.3 is 14.5 Å². The Morgan fingerprint density at radius 3 is 2.38 bits per heavy atom. The Hall–Kier alpha value is -2.02. The lowest BCUT2D eigenvalue weighted by Crippen LogP contribution is -2.38. The van der Waals surface area contributed by atoms with E-state index in [0.29, 0.717) is 13.0 Å². The van der Waals surface area contributed by atoms with Gasteiger partial charge in [-0.25, -0.2) is 8.78 Å². The van der Waals surface area contributed by atoms with Gasteiger partial charge in [0.15, 0.2) is 11.6 Å². The van der Waals surface area contributed by atoms with Gasteiger partial charge in [0.2, 0.25) is 0 Å². The normalized spacial score (nSPS) is 12.1. The maximum Gasteiger partial charge on any atom is 0.310 e. The summed E-state index contributed by atoms with van der Waals surface area (Å²) in [6.45, 7) is 2.97. The van der Waals surface area contributed by atoms with E-state index in [9.17, 15) is 18.4 Å². The summed E-state index contributed by atoms with van der Waals surface area (Å²) in [5, 5.41) is 0. The highest BCUT2D eigenvalue weighted by Crippen LogP contribution is 2.13. The summed E-state index contributed by atoms with van der Waals surface area (Å²) in [7, 11) is 5.11. The van der Waals surface area contributed by atoms with Crippen LogP contribution in [0.15, 0.2) is 18.2 Å². The van der Waals surface area contributed by atoms with E-state index in [1.165, 1.54) is 18.1 Å². The molecule has 134 valence electrons. The molecule has 0 saturated carbocycles. The second-order valence-electron chi connectivity index (χ2n) is 5.96. The third kappa shape index (κ3) is 5.88. The molecule has 0 aliphatic carbocycles. The lowest BCUT2D eigenvalue weighted by molar-refractivity contribution is -0.145. The van der Waals surface area contributed by atoms with Crippen LogP contribution in [-0.2, 0) is 9.53 Å². The van der Waals surface area contributed by atoms with Gasteiger partial charge in [0.25, 0.3) is 5.91 Å². The highest BCUT2D eigenvalue weighted by Gasteiger charge is 2.23. The highest BCUT2D eigenvalue weighted by atomic mass is 19.2. The van der Waals surface area contributed by atoms with Crippen LogP contribution in [0.5, 0.6) is 0 Å². The number of halogens is 2. The number of amides is 1. The van der Waals surface area contributed by atoms with E-state index < -0.39 is 29.4 Å². The number of hydrogen-bond acceptors (Lipinski definition) is 4. The molecule has 0 aliphatic heterocycles. The average molecular weight is 342 g/mol. The molecule has 0 radical (unpaired) electrons. The molecule has 0 aliphatic rings. The quantitative estimate of drug-likeness (QED) is 0.680. The van der Waals surface area contributed by atoms with E-state index in [1.54, 1.807) is 6.92 Å². The summed E-state index contributed by atoms with van der Waals surface area (Å²) < 4.78 is 31.1. The Kier molecular flexibility index (Phi) is 7.78. The zero-order valence-corrected chi connectivity index (χ0v) is 14.5. The van der Waals surface area contributed by atoms with Crippen LogP contribution in [0.3, 0.4) is 0 Å². The van der Waals surface area contributed by atoms with Gasteiger partial charge in [-0.2, -0.15) is 0 Å². The van der Waals surface area contributed by atoms with Gasteiger partial charge >= 0.3 is 5.97 Å². The van der Waals surface area contributed by atoms with Gasteiger partial charge in [-0.05, 0) is 45.3 Å². The molecule has 0 fully saturated rings. The van der Waals surface area contributed by atoms with Crippen LogP contribution >= 0.6 is 0 Å². The van der Waals surface area contributed by atoms with Crippen molar-refractivity contribution in [3.05, 3.63) is 35.4 Å². The molecule has 0 bridgehead atoms. The third-order valence-corrected chi connectivity index (χ3v) is 3.58. The first-order chi connectivity index (χ1) is 11.3. The summed E-state index contributed by atoms with van der Waals surface area (Å²) in [5.74, 6) is -3.46. The summed E-state index contributed by atoms with van der Waals surface area (Å²) in [6.07, 6.45) is 0.691. The fourth-order valence-electron chi connectivity index (χ4n) is 2.27. The molecular weight excluding hydrogens is 318 g/mol. The Morgan fingerprint density at radius 2 is 1.83 bits per heavy atom. The second kappa shape index (κ2) is 9.32. The number of hydrogen-bond donors (Lipinski definition) is 0. The van der Waals surface area contributed by atoms with Gasteiger partial charge in [-0.15, -0.1) is 0 Å². The van der Waals surface area contributed by atoms with Gasteiger partial charge in [-0.3, -0.25) is 9.59 Å². The van der Waals surface area contributed by atoms with Crippen molar-refractivity contribution in [2.24, 2.45) is 5.92 Å². The standard InChI is InChI=1S/C17H24F2N2O3/c1-12(17(23)24-4)11-21(9-5-8-20(2)3)16(22)13-6-7-14(18)15(19)10-13/h6-7,10,12H,5,8-9,11H2,1-4H3. The van der Waals surface area contributed by atoms with Crippen LogP contribution in [0.4, 0.5) is 8.78 Å². The molecule has 5 nitrogen and oxygen atoms in total. The molecule has 1 rings (SSSR count). The predicted octanol–water partition coefficient (Wildman–Crippen LogP) is 2.17. The molecule has 7 heteroatoms. The maximum absolute atomic E-state index is 13.4. The van der Waals surface area contributed by atoms with Crippen LogP contribution in [0.25, 0.3) is 0 Å². The van der Waals surface area contributed by atoms with Crippen molar-refractivity contribution in [1.29, 1.82) is 0 Å². The van der Waals surface area contributed by atoms with Gasteiger partial charge in [0.1, 0.15) is 0 Å². The molecule has 0 heterocycles. The molecule has 0 N–H and O–H groups in total. The van der Waals surface area contributed by atoms with E-state index in [1.807, 2.05) is 19.0 Å². The SMILES string of the molecule is COC(=O)C(C)CN(CCCN(C)C)C(=O)c1ccc(F)c(F)c1. The van der Waals surface area contributed by atoms with Crippen molar-refractivity contribution >= 4 is 11.9 Å². The number of nitrogens with zero attached hydrogens (tertiary/aromatic N) is 2. The minimum atomic E-state index is -1.07. The lowest BCUT2D eigenvalue weighted by Gasteiger charge is -2.26. The van der Waals surface area contributed by atoms with Crippen molar-refractivity contribution in [3.63, 3.8) is 0 Å². The first kappa shape index (κ1) is 20.0. The van der Waals surface area contributed by atoms with E-state index in [2.05, 4.69) is 4.74 Å². The predicted molar refractivity (Wildman–Crippen MR) is 86.6 cm³/mol. The number of carbonyl (C=O) groups excluding carboxylic acids is 2. The second-order valence-corrected chi connectivity index (χ2v) is 5.96. The van der Waals surface area contributed by atoms with E-state index >= 15 is 0 Å². The number of ether oxygens (including phenoxy) is 1. The van der Waals surface area contributed by atoms with E-state index in [4.69, 9.17) is 0 Å². The van der Waals surface area contributed by atoms with E-state index in [-0.39, 0.29) is 12.1 Å². The fourth-order valence-corrected chi connectivity index (χ4v) is 2.27. The number of benzene rings is 1. The third-order valence-electron chi connectivity index (χ3n) is 3.58. The van der Waals surface area contributed by atoms with Crippen LogP contribution in [0.2, 0.25) is 0 Å². The molecule has 1 unspecified atom stereocenters. The molecule has 0 saturated heterocycles. The molecule has 1 aromatic carbocycles. The number of esters is 1. The average Bonchev–Trinajstić information content (AvgIpc) is 2.54. The number of carbonyl (C=O) groups is 2. The molecule has 1 amide bonds.